The van der Waals surface area contributed by atoms with Gasteiger partial charge in [0.1, 0.15) is 5.52 Å². The van der Waals surface area contributed by atoms with Gasteiger partial charge in [0.25, 0.3) is 5.91 Å². The number of oxazole rings is 1. The van der Waals surface area contributed by atoms with Crippen molar-refractivity contribution < 1.29 is 18.7 Å². The van der Waals surface area contributed by atoms with Gasteiger partial charge in [0.05, 0.1) is 5.56 Å². The van der Waals surface area contributed by atoms with Crippen LogP contribution in [-0.2, 0) is 16.0 Å². The standard InChI is InChI=1S/C31H28N2O4/c1-4-20-12-8-11-19(3)28(20)33-29(34)25(5-2)37-31(35)23-16-10-14-21-13-9-15-22(27(21)23)30-32-24-17-6-7-18-26(24)36-30/h6-18,25H,4-5H2,1-3H3,(H,33,34). The summed E-state index contributed by atoms with van der Waals surface area (Å²) in [5, 5.41) is 4.50. The van der Waals surface area contributed by atoms with Gasteiger partial charge in [0, 0.05) is 16.6 Å². The number of hydrogen-bond donors (Lipinski definition) is 1. The molecule has 0 radical (unpaired) electrons. The van der Waals surface area contributed by atoms with Gasteiger partial charge in [-0.25, -0.2) is 9.78 Å². The van der Waals surface area contributed by atoms with Gasteiger partial charge in [0.15, 0.2) is 11.7 Å². The number of nitrogens with one attached hydrogen (secondary N) is 1. The number of carbonyl (C=O) groups is 2. The number of hydrogen-bond acceptors (Lipinski definition) is 5. The average molecular weight is 493 g/mol. The number of amides is 1. The van der Waals surface area contributed by atoms with Crippen molar-refractivity contribution in [2.45, 2.75) is 39.7 Å². The number of anilines is 1. The zero-order valence-electron chi connectivity index (χ0n) is 21.1. The second-order valence-corrected chi connectivity index (χ2v) is 8.95. The molecule has 1 aromatic heterocycles. The van der Waals surface area contributed by atoms with Crippen molar-refractivity contribution >= 4 is 39.4 Å². The summed E-state index contributed by atoms with van der Waals surface area (Å²) in [5.41, 5.74) is 5.21. The molecule has 4 aromatic carbocycles. The molecule has 186 valence electrons. The van der Waals surface area contributed by atoms with Crippen LogP contribution in [0.1, 0.15) is 41.8 Å². The van der Waals surface area contributed by atoms with Crippen molar-refractivity contribution in [3.63, 3.8) is 0 Å². The van der Waals surface area contributed by atoms with Crippen LogP contribution in [-0.4, -0.2) is 23.0 Å². The van der Waals surface area contributed by atoms with E-state index < -0.39 is 12.1 Å². The Morgan fingerprint density at radius 1 is 0.946 bits per heavy atom. The molecule has 1 unspecified atom stereocenters. The molecule has 0 aliphatic carbocycles. The molecule has 0 aliphatic heterocycles. The lowest BCUT2D eigenvalue weighted by Crippen LogP contribution is -2.32. The van der Waals surface area contributed by atoms with Gasteiger partial charge in [-0.15, -0.1) is 0 Å². The number of aryl methyl sites for hydroxylation is 2. The first kappa shape index (κ1) is 24.3. The smallest absolute Gasteiger partial charge is 0.339 e. The summed E-state index contributed by atoms with van der Waals surface area (Å²) in [4.78, 5) is 31.3. The van der Waals surface area contributed by atoms with Crippen molar-refractivity contribution in [1.29, 1.82) is 0 Å². The average Bonchev–Trinajstić information content (AvgIpc) is 3.36. The second-order valence-electron chi connectivity index (χ2n) is 8.95. The molecule has 1 heterocycles. The van der Waals surface area contributed by atoms with Crippen LogP contribution in [0.25, 0.3) is 33.3 Å². The van der Waals surface area contributed by atoms with Crippen LogP contribution in [0, 0.1) is 6.92 Å². The molecule has 1 atom stereocenters. The molecular formula is C31H28N2O4. The summed E-state index contributed by atoms with van der Waals surface area (Å²) >= 11 is 0. The third-order valence-corrected chi connectivity index (χ3v) is 6.55. The van der Waals surface area contributed by atoms with Crippen LogP contribution in [0.15, 0.2) is 83.3 Å². The van der Waals surface area contributed by atoms with E-state index in [9.17, 15) is 9.59 Å². The Balaban J connectivity index is 1.48. The quantitative estimate of drug-likeness (QED) is 0.245. The Kier molecular flexibility index (Phi) is 6.73. The maximum atomic E-state index is 13.5. The van der Waals surface area contributed by atoms with E-state index in [0.29, 0.717) is 34.4 Å². The van der Waals surface area contributed by atoms with Crippen molar-refractivity contribution in [2.75, 3.05) is 5.32 Å². The monoisotopic (exact) mass is 492 g/mol. The maximum Gasteiger partial charge on any atom is 0.339 e. The molecule has 0 saturated carbocycles. The van der Waals surface area contributed by atoms with Gasteiger partial charge in [-0.05, 0) is 60.5 Å². The fraction of sp³-hybridized carbons (Fsp3) is 0.194. The van der Waals surface area contributed by atoms with Gasteiger partial charge in [-0.2, -0.15) is 0 Å². The van der Waals surface area contributed by atoms with E-state index in [4.69, 9.17) is 9.15 Å². The van der Waals surface area contributed by atoms with Crippen LogP contribution in [0.2, 0.25) is 0 Å². The molecule has 5 rings (SSSR count). The van der Waals surface area contributed by atoms with E-state index in [1.165, 1.54) is 0 Å². The van der Waals surface area contributed by atoms with Crippen molar-refractivity contribution in [1.82, 2.24) is 4.98 Å². The largest absolute Gasteiger partial charge is 0.449 e. The van der Waals surface area contributed by atoms with Crippen molar-refractivity contribution in [3.05, 3.63) is 95.6 Å². The van der Waals surface area contributed by atoms with Crippen molar-refractivity contribution in [2.24, 2.45) is 0 Å². The first-order valence-corrected chi connectivity index (χ1v) is 12.5. The van der Waals surface area contributed by atoms with Crippen molar-refractivity contribution in [3.8, 4) is 11.5 Å². The van der Waals surface area contributed by atoms with E-state index in [1.807, 2.05) is 87.5 Å². The molecule has 5 aromatic rings. The minimum atomic E-state index is -0.941. The summed E-state index contributed by atoms with van der Waals surface area (Å²) in [6, 6.07) is 24.6. The summed E-state index contributed by atoms with van der Waals surface area (Å²) in [7, 11) is 0. The Labute approximate surface area is 215 Å². The number of ether oxygens (including phenoxy) is 1. The SMILES string of the molecule is CCc1cccc(C)c1NC(=O)C(CC)OC(=O)c1cccc2cccc(-c3nc4ccccc4o3)c12. The number of para-hydroxylation sites is 3. The zero-order chi connectivity index (χ0) is 25.9. The minimum absolute atomic E-state index is 0.341. The Hall–Kier alpha value is -4.45. The molecule has 0 aliphatic rings. The fourth-order valence-electron chi connectivity index (χ4n) is 4.60. The lowest BCUT2D eigenvalue weighted by Gasteiger charge is -2.19. The molecule has 0 fully saturated rings. The van der Waals surface area contributed by atoms with E-state index >= 15 is 0 Å². The zero-order valence-corrected chi connectivity index (χ0v) is 21.1. The summed E-state index contributed by atoms with van der Waals surface area (Å²) in [6.45, 7) is 5.81. The minimum Gasteiger partial charge on any atom is -0.449 e. The first-order valence-electron chi connectivity index (χ1n) is 12.5. The molecule has 37 heavy (non-hydrogen) atoms. The Morgan fingerprint density at radius 2 is 1.70 bits per heavy atom. The molecular weight excluding hydrogens is 464 g/mol. The second kappa shape index (κ2) is 10.3. The van der Waals surface area contributed by atoms with E-state index in [0.717, 1.165) is 34.1 Å². The van der Waals surface area contributed by atoms with E-state index in [-0.39, 0.29) is 5.91 Å². The predicted molar refractivity (Wildman–Crippen MR) is 146 cm³/mol. The number of esters is 1. The summed E-state index contributed by atoms with van der Waals surface area (Å²) in [5.74, 6) is -0.501. The number of fused-ring (bicyclic) bond motifs is 2. The van der Waals surface area contributed by atoms with Gasteiger partial charge < -0.3 is 14.5 Å². The maximum absolute atomic E-state index is 13.5. The predicted octanol–water partition coefficient (Wildman–Crippen LogP) is 7.09. The third-order valence-electron chi connectivity index (χ3n) is 6.55. The number of nitrogens with zero attached hydrogens (tertiary/aromatic N) is 1. The van der Waals surface area contributed by atoms with E-state index in [2.05, 4.69) is 10.3 Å². The molecule has 6 nitrogen and oxygen atoms in total. The highest BCUT2D eigenvalue weighted by Crippen LogP contribution is 2.33. The lowest BCUT2D eigenvalue weighted by molar-refractivity contribution is -0.124. The highest BCUT2D eigenvalue weighted by Gasteiger charge is 2.25. The topological polar surface area (TPSA) is 81.4 Å². The molecule has 0 saturated heterocycles. The first-order chi connectivity index (χ1) is 18.0. The lowest BCUT2D eigenvalue weighted by atomic mass is 9.99. The molecule has 1 N–H and O–H groups in total. The van der Waals surface area contributed by atoms with Crippen LogP contribution >= 0.6 is 0 Å². The van der Waals surface area contributed by atoms with E-state index in [1.54, 1.807) is 12.1 Å². The van der Waals surface area contributed by atoms with Gasteiger partial charge >= 0.3 is 5.97 Å². The Morgan fingerprint density at radius 3 is 2.46 bits per heavy atom. The third kappa shape index (κ3) is 4.70. The summed E-state index contributed by atoms with van der Waals surface area (Å²) in [6.07, 6.45) is 0.180. The van der Waals surface area contributed by atoms with Gasteiger partial charge in [-0.1, -0.05) is 68.4 Å². The molecule has 0 spiro atoms. The normalized spacial score (nSPS) is 12.0. The van der Waals surface area contributed by atoms with Gasteiger partial charge in [0.2, 0.25) is 5.89 Å². The molecule has 0 bridgehead atoms. The number of rotatable bonds is 7. The highest BCUT2D eigenvalue weighted by atomic mass is 16.5. The number of aromatic nitrogens is 1. The highest BCUT2D eigenvalue weighted by molar-refractivity contribution is 6.11. The van der Waals surface area contributed by atoms with Crippen LogP contribution in [0.5, 0.6) is 0 Å². The number of benzene rings is 4. The van der Waals surface area contributed by atoms with Crippen LogP contribution in [0.4, 0.5) is 5.69 Å². The summed E-state index contributed by atoms with van der Waals surface area (Å²) < 4.78 is 11.8. The fourth-order valence-corrected chi connectivity index (χ4v) is 4.60. The van der Waals surface area contributed by atoms with Crippen LogP contribution < -0.4 is 5.32 Å². The van der Waals surface area contributed by atoms with Crippen LogP contribution in [0.3, 0.4) is 0 Å². The van der Waals surface area contributed by atoms with Gasteiger partial charge in [-0.3, -0.25) is 4.79 Å². The molecule has 1 amide bonds. The Bertz CT molecular complexity index is 1580. The number of carbonyl (C=O) groups excluding carboxylic acids is 2. The molecule has 6 heteroatoms.